The van der Waals surface area contributed by atoms with Crippen LogP contribution in [0.5, 0.6) is 0 Å². The number of amides is 1. The van der Waals surface area contributed by atoms with Gasteiger partial charge in [0.2, 0.25) is 5.91 Å². The predicted molar refractivity (Wildman–Crippen MR) is 76.8 cm³/mol. The summed E-state index contributed by atoms with van der Waals surface area (Å²) < 4.78 is 5.02. The molecule has 3 heteroatoms. The first-order valence-electron chi connectivity index (χ1n) is 6.33. The van der Waals surface area contributed by atoms with E-state index >= 15 is 0 Å². The van der Waals surface area contributed by atoms with Crippen molar-refractivity contribution in [2.75, 3.05) is 19.0 Å². The van der Waals surface area contributed by atoms with E-state index in [0.717, 1.165) is 5.69 Å². The Labute approximate surface area is 111 Å². The third kappa shape index (κ3) is 5.32. The fourth-order valence-corrected chi connectivity index (χ4v) is 1.36. The Morgan fingerprint density at radius 2 is 1.72 bits per heavy atom. The highest BCUT2D eigenvalue weighted by atomic mass is 16.5. The maximum Gasteiger partial charge on any atom is 0.232 e. The summed E-state index contributed by atoms with van der Waals surface area (Å²) in [6.45, 7) is 10.1. The monoisotopic (exact) mass is 251 g/mol. The lowest BCUT2D eigenvalue weighted by Gasteiger charge is -2.22. The molecule has 0 saturated carbocycles. The smallest absolute Gasteiger partial charge is 0.232 e. The number of hydrogen-bond donors (Lipinski definition) is 1. The molecular formula is C15H25NO2. The molecule has 18 heavy (non-hydrogen) atoms. The third-order valence-corrected chi connectivity index (χ3v) is 2.43. The van der Waals surface area contributed by atoms with Gasteiger partial charge in [0.15, 0.2) is 0 Å². The van der Waals surface area contributed by atoms with Gasteiger partial charge in [0, 0.05) is 12.8 Å². The Morgan fingerprint density at radius 3 is 2.17 bits per heavy atom. The van der Waals surface area contributed by atoms with Crippen LogP contribution >= 0.6 is 0 Å². The molecule has 0 heterocycles. The van der Waals surface area contributed by atoms with E-state index in [1.807, 2.05) is 58.9 Å². The lowest BCUT2D eigenvalue weighted by Crippen LogP contribution is -2.34. The molecule has 102 valence electrons. The van der Waals surface area contributed by atoms with Crippen molar-refractivity contribution in [3.8, 4) is 0 Å². The summed E-state index contributed by atoms with van der Waals surface area (Å²) >= 11 is 0. The highest BCUT2D eigenvalue weighted by Crippen LogP contribution is 2.19. The third-order valence-electron chi connectivity index (χ3n) is 2.43. The van der Waals surface area contributed by atoms with Crippen molar-refractivity contribution in [2.45, 2.75) is 34.6 Å². The molecule has 1 aromatic rings. The van der Waals surface area contributed by atoms with Crippen molar-refractivity contribution in [2.24, 2.45) is 5.41 Å². The normalized spacial score (nSPS) is 10.3. The first-order valence-corrected chi connectivity index (χ1v) is 6.33. The summed E-state index contributed by atoms with van der Waals surface area (Å²) in [6, 6.07) is 7.74. The summed E-state index contributed by atoms with van der Waals surface area (Å²) in [5.41, 5.74) is 1.48. The van der Waals surface area contributed by atoms with Crippen LogP contribution in [-0.2, 0) is 9.53 Å². The second kappa shape index (κ2) is 7.88. The van der Waals surface area contributed by atoms with E-state index in [9.17, 15) is 4.79 Å². The van der Waals surface area contributed by atoms with Crippen LogP contribution in [0, 0.1) is 12.3 Å². The zero-order chi connectivity index (χ0) is 14.2. The minimum Gasteiger partial charge on any atom is -0.384 e. The second-order valence-electron chi connectivity index (χ2n) is 4.64. The van der Waals surface area contributed by atoms with Gasteiger partial charge in [-0.25, -0.2) is 0 Å². The minimum absolute atomic E-state index is 0.0294. The largest absolute Gasteiger partial charge is 0.384 e. The molecule has 0 unspecified atom stereocenters. The van der Waals surface area contributed by atoms with Gasteiger partial charge in [-0.05, 0) is 32.9 Å². The van der Waals surface area contributed by atoms with Gasteiger partial charge in [-0.15, -0.1) is 0 Å². The number of carbonyl (C=O) groups is 1. The van der Waals surface area contributed by atoms with Crippen LogP contribution in [0.25, 0.3) is 0 Å². The first-order chi connectivity index (χ1) is 8.45. The van der Waals surface area contributed by atoms with Gasteiger partial charge in [0.25, 0.3) is 0 Å². The molecule has 0 aliphatic carbocycles. The topological polar surface area (TPSA) is 38.3 Å². The molecule has 1 amide bonds. The molecule has 0 aliphatic rings. The Balaban J connectivity index is 0.00000137. The number of rotatable bonds is 4. The summed E-state index contributed by atoms with van der Waals surface area (Å²) in [7, 11) is 1.60. The van der Waals surface area contributed by atoms with Gasteiger partial charge in [0.1, 0.15) is 0 Å². The SMILES string of the molecule is CC.COCC(C)(C)C(=O)Nc1ccc(C)cc1. The van der Waals surface area contributed by atoms with Gasteiger partial charge in [-0.2, -0.15) is 0 Å². The molecule has 0 bridgehead atoms. The Kier molecular flexibility index (Phi) is 7.29. The van der Waals surface area contributed by atoms with Gasteiger partial charge in [-0.3, -0.25) is 4.79 Å². The number of aryl methyl sites for hydroxylation is 1. The van der Waals surface area contributed by atoms with Crippen LogP contribution in [0.4, 0.5) is 5.69 Å². The van der Waals surface area contributed by atoms with E-state index in [1.165, 1.54) is 5.56 Å². The molecule has 1 aromatic carbocycles. The molecule has 0 atom stereocenters. The van der Waals surface area contributed by atoms with Gasteiger partial charge >= 0.3 is 0 Å². The van der Waals surface area contributed by atoms with Crippen LogP contribution in [0.2, 0.25) is 0 Å². The van der Waals surface area contributed by atoms with Crippen molar-refractivity contribution in [1.82, 2.24) is 0 Å². The lowest BCUT2D eigenvalue weighted by molar-refractivity contribution is -0.126. The van der Waals surface area contributed by atoms with Crippen LogP contribution in [0.1, 0.15) is 33.3 Å². The van der Waals surface area contributed by atoms with Gasteiger partial charge in [-0.1, -0.05) is 31.5 Å². The number of ether oxygens (including phenoxy) is 1. The average Bonchev–Trinajstić information content (AvgIpc) is 2.34. The quantitative estimate of drug-likeness (QED) is 0.887. The molecule has 0 aromatic heterocycles. The molecule has 0 aliphatic heterocycles. The molecule has 0 saturated heterocycles. The zero-order valence-electron chi connectivity index (χ0n) is 12.3. The van der Waals surface area contributed by atoms with Crippen LogP contribution < -0.4 is 5.32 Å². The maximum absolute atomic E-state index is 11.9. The van der Waals surface area contributed by atoms with E-state index in [4.69, 9.17) is 4.74 Å². The van der Waals surface area contributed by atoms with E-state index in [1.54, 1.807) is 7.11 Å². The number of carbonyl (C=O) groups excluding carboxylic acids is 1. The minimum atomic E-state index is -0.514. The zero-order valence-corrected chi connectivity index (χ0v) is 12.3. The number of benzene rings is 1. The second-order valence-corrected chi connectivity index (χ2v) is 4.64. The highest BCUT2D eigenvalue weighted by molar-refractivity contribution is 5.94. The number of anilines is 1. The molecule has 1 rings (SSSR count). The molecule has 0 radical (unpaired) electrons. The van der Waals surface area contributed by atoms with E-state index in [2.05, 4.69) is 5.32 Å². The van der Waals surface area contributed by atoms with E-state index in [-0.39, 0.29) is 5.91 Å². The Bertz CT molecular complexity index is 355. The van der Waals surface area contributed by atoms with Crippen molar-refractivity contribution in [3.05, 3.63) is 29.8 Å². The van der Waals surface area contributed by atoms with Crippen molar-refractivity contribution >= 4 is 11.6 Å². The van der Waals surface area contributed by atoms with Crippen molar-refractivity contribution < 1.29 is 9.53 Å². The summed E-state index contributed by atoms with van der Waals surface area (Å²) in [4.78, 5) is 11.9. The van der Waals surface area contributed by atoms with E-state index < -0.39 is 5.41 Å². The maximum atomic E-state index is 11.9. The average molecular weight is 251 g/mol. The molecule has 3 nitrogen and oxygen atoms in total. The number of nitrogens with one attached hydrogen (secondary N) is 1. The van der Waals surface area contributed by atoms with E-state index in [0.29, 0.717) is 6.61 Å². The standard InChI is InChI=1S/C13H19NO2.C2H6/c1-10-5-7-11(8-6-10)14-12(15)13(2,3)9-16-4;1-2/h5-8H,9H2,1-4H3,(H,14,15);1-2H3. The Morgan fingerprint density at radius 1 is 1.22 bits per heavy atom. The molecule has 1 N–H and O–H groups in total. The van der Waals surface area contributed by atoms with Crippen molar-refractivity contribution in [3.63, 3.8) is 0 Å². The van der Waals surface area contributed by atoms with Gasteiger partial charge < -0.3 is 10.1 Å². The summed E-state index contributed by atoms with van der Waals surface area (Å²) in [5.74, 6) is -0.0294. The fraction of sp³-hybridized carbons (Fsp3) is 0.533. The Hall–Kier alpha value is -1.35. The number of methoxy groups -OCH3 is 1. The van der Waals surface area contributed by atoms with Crippen LogP contribution in [0.3, 0.4) is 0 Å². The number of hydrogen-bond acceptors (Lipinski definition) is 2. The first kappa shape index (κ1) is 16.6. The highest BCUT2D eigenvalue weighted by Gasteiger charge is 2.27. The fourth-order valence-electron chi connectivity index (χ4n) is 1.36. The van der Waals surface area contributed by atoms with Gasteiger partial charge in [0.05, 0.1) is 12.0 Å². The van der Waals surface area contributed by atoms with Crippen LogP contribution in [0.15, 0.2) is 24.3 Å². The molecule has 0 fully saturated rings. The summed E-state index contributed by atoms with van der Waals surface area (Å²) in [6.07, 6.45) is 0. The van der Waals surface area contributed by atoms with Crippen LogP contribution in [-0.4, -0.2) is 19.6 Å². The van der Waals surface area contributed by atoms with Crippen molar-refractivity contribution in [1.29, 1.82) is 0 Å². The summed E-state index contributed by atoms with van der Waals surface area (Å²) in [5, 5.41) is 2.88. The molecule has 0 spiro atoms. The lowest BCUT2D eigenvalue weighted by atomic mass is 9.93. The molecular weight excluding hydrogens is 226 g/mol. The predicted octanol–water partition coefficient (Wildman–Crippen LogP) is 3.63.